The van der Waals surface area contributed by atoms with E-state index in [1.165, 1.54) is 0 Å². The minimum atomic E-state index is -5.12. The standard InChI is InChI=1S/C24H29F5N2O8/c1-3-12-4-6-13(7-5-12)8-15-20(24(27,28)29)31(14(9-25)10-26)30-21(15)39-22-19(34)18(33)17(32)16(38-22)11-37-23(35)36-2/h4-7,14,16-19,22,32-34H,3,8-11H2,1-2H3. The number of nitrogens with zero attached hydrogens (tertiary/aromatic N) is 2. The van der Waals surface area contributed by atoms with E-state index in [0.29, 0.717) is 12.0 Å². The molecule has 39 heavy (non-hydrogen) atoms. The summed E-state index contributed by atoms with van der Waals surface area (Å²) in [6, 6.07) is 4.64. The zero-order valence-electron chi connectivity index (χ0n) is 21.0. The minimum absolute atomic E-state index is 0.142. The first-order valence-electron chi connectivity index (χ1n) is 11.9. The molecule has 5 unspecified atom stereocenters. The summed E-state index contributed by atoms with van der Waals surface area (Å²) in [6.07, 6.45) is -15.2. The Balaban J connectivity index is 2.03. The van der Waals surface area contributed by atoms with Crippen molar-refractivity contribution >= 4 is 6.16 Å². The van der Waals surface area contributed by atoms with Crippen LogP contribution in [0.25, 0.3) is 0 Å². The fraction of sp³-hybridized carbons (Fsp3) is 0.583. The van der Waals surface area contributed by atoms with Gasteiger partial charge in [0.2, 0.25) is 12.2 Å². The summed E-state index contributed by atoms with van der Waals surface area (Å²) in [5.41, 5.74) is -0.751. The second kappa shape index (κ2) is 12.9. The Labute approximate surface area is 219 Å². The Bertz CT molecular complexity index is 1090. The lowest BCUT2D eigenvalue weighted by Crippen LogP contribution is -2.60. The van der Waals surface area contributed by atoms with Crippen LogP contribution in [-0.4, -0.2) is 89.0 Å². The molecule has 5 atom stereocenters. The fourth-order valence-corrected chi connectivity index (χ4v) is 4.01. The van der Waals surface area contributed by atoms with Crippen molar-refractivity contribution in [3.63, 3.8) is 0 Å². The molecule has 0 aliphatic carbocycles. The average molecular weight is 568 g/mol. The van der Waals surface area contributed by atoms with E-state index in [4.69, 9.17) is 9.47 Å². The minimum Gasteiger partial charge on any atom is -0.443 e. The maximum Gasteiger partial charge on any atom is 0.508 e. The largest absolute Gasteiger partial charge is 0.508 e. The molecule has 0 bridgehead atoms. The molecule has 3 rings (SSSR count). The van der Waals surface area contributed by atoms with E-state index < -0.39 is 92.6 Å². The number of alkyl halides is 5. The highest BCUT2D eigenvalue weighted by molar-refractivity contribution is 5.59. The van der Waals surface area contributed by atoms with Crippen LogP contribution in [0.3, 0.4) is 0 Å². The SMILES string of the molecule is CCc1ccc(Cc2c(OC3OC(COC(=O)OC)C(O)C(O)C3O)nn(C(CF)CF)c2C(F)(F)F)cc1. The molecule has 1 aliphatic heterocycles. The molecule has 0 amide bonds. The number of rotatable bonds is 10. The average Bonchev–Trinajstić information content (AvgIpc) is 3.26. The van der Waals surface area contributed by atoms with Crippen LogP contribution in [0, 0.1) is 0 Å². The lowest BCUT2D eigenvalue weighted by molar-refractivity contribution is -0.278. The Morgan fingerprint density at radius 1 is 1.08 bits per heavy atom. The number of aromatic nitrogens is 2. The quantitative estimate of drug-likeness (QED) is 0.292. The molecule has 10 nitrogen and oxygen atoms in total. The Morgan fingerprint density at radius 3 is 2.23 bits per heavy atom. The number of aliphatic hydroxyl groups is 3. The van der Waals surface area contributed by atoms with E-state index >= 15 is 0 Å². The number of hydrogen-bond donors (Lipinski definition) is 3. The summed E-state index contributed by atoms with van der Waals surface area (Å²) in [4.78, 5) is 11.3. The van der Waals surface area contributed by atoms with Crippen molar-refractivity contribution in [1.82, 2.24) is 9.78 Å². The lowest BCUT2D eigenvalue weighted by Gasteiger charge is -2.39. The second-order valence-electron chi connectivity index (χ2n) is 8.78. The Morgan fingerprint density at radius 2 is 1.69 bits per heavy atom. The van der Waals surface area contributed by atoms with E-state index in [1.54, 1.807) is 24.3 Å². The van der Waals surface area contributed by atoms with Gasteiger partial charge in [-0.1, -0.05) is 31.2 Å². The molecule has 15 heteroatoms. The number of halogens is 5. The highest BCUT2D eigenvalue weighted by Crippen LogP contribution is 2.40. The van der Waals surface area contributed by atoms with Gasteiger partial charge in [0.15, 0.2) is 5.69 Å². The van der Waals surface area contributed by atoms with Crippen molar-refractivity contribution in [3.8, 4) is 5.88 Å². The van der Waals surface area contributed by atoms with Crippen molar-refractivity contribution in [3.05, 3.63) is 46.6 Å². The third kappa shape index (κ3) is 6.96. The first-order chi connectivity index (χ1) is 18.4. The number of hydrogen-bond acceptors (Lipinski definition) is 9. The molecule has 0 radical (unpaired) electrons. The molecule has 1 aliphatic rings. The van der Waals surface area contributed by atoms with Gasteiger partial charge < -0.3 is 34.3 Å². The predicted octanol–water partition coefficient (Wildman–Crippen LogP) is 2.50. The topological polar surface area (TPSA) is 133 Å². The van der Waals surface area contributed by atoms with Gasteiger partial charge >= 0.3 is 12.3 Å². The third-order valence-corrected chi connectivity index (χ3v) is 6.18. The molecule has 1 aromatic carbocycles. The number of carbonyl (C=O) groups is 1. The van der Waals surface area contributed by atoms with Gasteiger partial charge in [-0.2, -0.15) is 13.2 Å². The summed E-state index contributed by atoms with van der Waals surface area (Å²) in [6.45, 7) is -1.80. The molecule has 3 N–H and O–H groups in total. The molecule has 2 heterocycles. The maximum absolute atomic E-state index is 14.2. The number of ether oxygens (including phenoxy) is 4. The van der Waals surface area contributed by atoms with Crippen LogP contribution in [0.1, 0.15) is 35.3 Å². The highest BCUT2D eigenvalue weighted by atomic mass is 19.4. The molecule has 2 aromatic rings. The zero-order valence-corrected chi connectivity index (χ0v) is 21.0. The first-order valence-corrected chi connectivity index (χ1v) is 11.9. The van der Waals surface area contributed by atoms with Crippen molar-refractivity contribution in [2.75, 3.05) is 27.1 Å². The molecule has 0 saturated carbocycles. The van der Waals surface area contributed by atoms with Crippen molar-refractivity contribution in [2.24, 2.45) is 0 Å². The first kappa shape index (κ1) is 30.5. The molecule has 1 aromatic heterocycles. The zero-order chi connectivity index (χ0) is 28.9. The second-order valence-corrected chi connectivity index (χ2v) is 8.78. The van der Waals surface area contributed by atoms with Crippen LogP contribution < -0.4 is 4.74 Å². The summed E-state index contributed by atoms with van der Waals surface area (Å²) >= 11 is 0. The van der Waals surface area contributed by atoms with Crippen LogP contribution in [0.5, 0.6) is 5.88 Å². The summed E-state index contributed by atoms with van der Waals surface area (Å²) in [7, 11) is 1.01. The molecule has 0 spiro atoms. The summed E-state index contributed by atoms with van der Waals surface area (Å²) in [5, 5.41) is 34.5. The van der Waals surface area contributed by atoms with Crippen molar-refractivity contribution in [2.45, 2.75) is 62.7 Å². The van der Waals surface area contributed by atoms with Crippen molar-refractivity contribution in [1.29, 1.82) is 0 Å². The van der Waals surface area contributed by atoms with Gasteiger partial charge in [0, 0.05) is 6.42 Å². The number of aliphatic hydroxyl groups excluding tert-OH is 3. The summed E-state index contributed by atoms with van der Waals surface area (Å²) in [5.74, 6) is -0.769. The number of aryl methyl sites for hydroxylation is 1. The van der Waals surface area contributed by atoms with Crippen LogP contribution in [0.15, 0.2) is 24.3 Å². The van der Waals surface area contributed by atoms with Gasteiger partial charge in [0.1, 0.15) is 50.4 Å². The number of carbonyl (C=O) groups excluding carboxylic acids is 1. The predicted molar refractivity (Wildman–Crippen MR) is 123 cm³/mol. The van der Waals surface area contributed by atoms with Gasteiger partial charge in [-0.15, -0.1) is 5.10 Å². The maximum atomic E-state index is 14.2. The lowest BCUT2D eigenvalue weighted by atomic mass is 9.99. The number of benzene rings is 1. The molecular formula is C24H29F5N2O8. The van der Waals surface area contributed by atoms with Gasteiger partial charge in [0.05, 0.1) is 12.7 Å². The van der Waals surface area contributed by atoms with Gasteiger partial charge in [-0.3, -0.25) is 0 Å². The normalized spacial score (nSPS) is 23.6. The Kier molecular flexibility index (Phi) is 10.1. The van der Waals surface area contributed by atoms with Gasteiger partial charge in [-0.25, -0.2) is 18.3 Å². The monoisotopic (exact) mass is 568 g/mol. The van der Waals surface area contributed by atoms with Crippen LogP contribution in [0.4, 0.5) is 26.7 Å². The van der Waals surface area contributed by atoms with E-state index in [-0.39, 0.29) is 4.68 Å². The molecular weight excluding hydrogens is 539 g/mol. The van der Waals surface area contributed by atoms with E-state index in [0.717, 1.165) is 12.7 Å². The van der Waals surface area contributed by atoms with E-state index in [1.807, 2.05) is 6.92 Å². The third-order valence-electron chi connectivity index (χ3n) is 6.18. The van der Waals surface area contributed by atoms with E-state index in [2.05, 4.69) is 14.6 Å². The summed E-state index contributed by atoms with van der Waals surface area (Å²) < 4.78 is 89.7. The fourth-order valence-electron chi connectivity index (χ4n) is 4.01. The number of methoxy groups -OCH3 is 1. The van der Waals surface area contributed by atoms with Crippen LogP contribution in [0.2, 0.25) is 0 Å². The molecule has 218 valence electrons. The molecule has 1 fully saturated rings. The smallest absolute Gasteiger partial charge is 0.443 e. The van der Waals surface area contributed by atoms with E-state index in [9.17, 15) is 42.1 Å². The highest BCUT2D eigenvalue weighted by Gasteiger charge is 2.47. The van der Waals surface area contributed by atoms with Crippen molar-refractivity contribution < 1.29 is 61.0 Å². The van der Waals surface area contributed by atoms with Crippen LogP contribution in [-0.2, 0) is 33.2 Å². The van der Waals surface area contributed by atoms with Gasteiger partial charge in [0.25, 0.3) is 0 Å². The Hall–Kier alpha value is -3.01. The van der Waals surface area contributed by atoms with Gasteiger partial charge in [-0.05, 0) is 17.5 Å². The molecule has 1 saturated heterocycles. The van der Waals surface area contributed by atoms with Crippen LogP contribution >= 0.6 is 0 Å².